The fraction of sp³-hybridized carbons (Fsp3) is 0.148. The molecule has 0 unspecified atom stereocenters. The lowest BCUT2D eigenvalue weighted by molar-refractivity contribution is 0.0696. The van der Waals surface area contributed by atoms with Gasteiger partial charge in [-0.2, -0.15) is 5.10 Å². The summed E-state index contributed by atoms with van der Waals surface area (Å²) < 4.78 is 5.60. The zero-order chi connectivity index (χ0) is 24.7. The van der Waals surface area contributed by atoms with Gasteiger partial charge in [0, 0.05) is 16.8 Å². The number of nitrogens with one attached hydrogen (secondary N) is 1. The number of hydrogen-bond donors (Lipinski definition) is 3. The molecule has 8 nitrogen and oxygen atoms in total. The molecule has 0 aliphatic carbocycles. The van der Waals surface area contributed by atoms with Gasteiger partial charge in [-0.15, -0.1) is 0 Å². The number of phenolic OH excluding ortho intramolecular Hbond substituents is 1. The zero-order valence-corrected chi connectivity index (χ0v) is 19.1. The number of carboxylic acid groups (broad SMARTS) is 1. The molecule has 2 heterocycles. The number of H-pyrrole nitrogens is 1. The second kappa shape index (κ2) is 8.64. The molecule has 35 heavy (non-hydrogen) atoms. The maximum absolute atomic E-state index is 13.6. The largest absolute Gasteiger partial charge is 0.504 e. The smallest absolute Gasteiger partial charge is 0.335 e. The molecule has 1 aliphatic rings. The monoisotopic (exact) mass is 469 g/mol. The first-order valence-corrected chi connectivity index (χ1v) is 11.2. The van der Waals surface area contributed by atoms with Gasteiger partial charge in [0.05, 0.1) is 23.9 Å². The number of anilines is 1. The van der Waals surface area contributed by atoms with Crippen molar-refractivity contribution in [2.24, 2.45) is 0 Å². The number of aromatic amines is 1. The third-order valence-electron chi connectivity index (χ3n) is 6.09. The molecule has 0 saturated carbocycles. The molecule has 0 fully saturated rings. The number of carboxylic acids is 1. The number of nitrogens with zero attached hydrogens (tertiary/aromatic N) is 2. The van der Waals surface area contributed by atoms with E-state index in [-0.39, 0.29) is 17.2 Å². The average Bonchev–Trinajstić information content (AvgIpc) is 3.40. The molecular weight excluding hydrogens is 446 g/mol. The van der Waals surface area contributed by atoms with Gasteiger partial charge in [-0.1, -0.05) is 35.9 Å². The minimum atomic E-state index is -1.04. The Morgan fingerprint density at radius 1 is 1.09 bits per heavy atom. The van der Waals surface area contributed by atoms with Crippen molar-refractivity contribution in [2.75, 3.05) is 11.5 Å². The van der Waals surface area contributed by atoms with Crippen molar-refractivity contribution in [3.8, 4) is 22.8 Å². The predicted octanol–water partition coefficient (Wildman–Crippen LogP) is 4.94. The number of rotatable bonds is 6. The summed E-state index contributed by atoms with van der Waals surface area (Å²) >= 11 is 0. The van der Waals surface area contributed by atoms with E-state index in [2.05, 4.69) is 10.2 Å². The molecule has 3 aromatic carbocycles. The summed E-state index contributed by atoms with van der Waals surface area (Å²) in [5, 5.41) is 26.9. The Morgan fingerprint density at radius 2 is 1.80 bits per heavy atom. The molecule has 1 aromatic heterocycles. The Morgan fingerprint density at radius 3 is 2.46 bits per heavy atom. The van der Waals surface area contributed by atoms with E-state index in [1.54, 1.807) is 35.2 Å². The second-order valence-corrected chi connectivity index (χ2v) is 8.32. The molecular formula is C27H23N3O5. The first kappa shape index (κ1) is 22.2. The number of phenols is 1. The number of ether oxygens (including phenoxy) is 1. The summed E-state index contributed by atoms with van der Waals surface area (Å²) in [6, 6.07) is 18.5. The van der Waals surface area contributed by atoms with Crippen LogP contribution >= 0.6 is 0 Å². The van der Waals surface area contributed by atoms with Crippen molar-refractivity contribution in [1.29, 1.82) is 0 Å². The van der Waals surface area contributed by atoms with E-state index in [4.69, 9.17) is 4.74 Å². The summed E-state index contributed by atoms with van der Waals surface area (Å²) in [6.07, 6.45) is 0. The lowest BCUT2D eigenvalue weighted by Crippen LogP contribution is -2.29. The fourth-order valence-corrected chi connectivity index (χ4v) is 4.40. The molecule has 1 amide bonds. The highest BCUT2D eigenvalue weighted by atomic mass is 16.5. The van der Waals surface area contributed by atoms with Crippen LogP contribution in [0.3, 0.4) is 0 Å². The number of benzene rings is 3. The number of aromatic nitrogens is 2. The van der Waals surface area contributed by atoms with Crippen LogP contribution in [0, 0.1) is 6.92 Å². The summed E-state index contributed by atoms with van der Waals surface area (Å²) in [6.45, 7) is 4.19. The molecule has 5 rings (SSSR count). The number of fused-ring (bicyclic) bond motifs is 1. The van der Waals surface area contributed by atoms with Crippen molar-refractivity contribution >= 4 is 17.6 Å². The maximum atomic E-state index is 13.6. The Kier molecular flexibility index (Phi) is 5.49. The summed E-state index contributed by atoms with van der Waals surface area (Å²) in [7, 11) is 0. The topological polar surface area (TPSA) is 116 Å². The number of hydrogen-bond acceptors (Lipinski definition) is 5. The molecule has 0 radical (unpaired) electrons. The highest BCUT2D eigenvalue weighted by Crippen LogP contribution is 2.46. The van der Waals surface area contributed by atoms with Gasteiger partial charge in [-0.3, -0.25) is 14.8 Å². The van der Waals surface area contributed by atoms with Gasteiger partial charge >= 0.3 is 5.97 Å². The van der Waals surface area contributed by atoms with Gasteiger partial charge in [0.25, 0.3) is 5.91 Å². The van der Waals surface area contributed by atoms with Crippen molar-refractivity contribution in [3.63, 3.8) is 0 Å². The first-order chi connectivity index (χ1) is 16.9. The highest BCUT2D eigenvalue weighted by molar-refractivity contribution is 6.12. The van der Waals surface area contributed by atoms with Crippen molar-refractivity contribution in [3.05, 3.63) is 94.7 Å². The average molecular weight is 469 g/mol. The van der Waals surface area contributed by atoms with E-state index >= 15 is 0 Å². The van der Waals surface area contributed by atoms with Crippen LogP contribution in [0.4, 0.5) is 5.69 Å². The number of amides is 1. The van der Waals surface area contributed by atoms with E-state index in [1.807, 2.05) is 38.1 Å². The number of aryl methyl sites for hydroxylation is 1. The standard InChI is InChI=1S/C27H23N3O5/c1-3-35-21-14-18(10-13-20(21)31)25-22-23(16-6-4-15(2)5-7-16)28-29-24(22)26(32)30(25)19-11-8-17(9-12-19)27(33)34/h4-14,25,31H,3H2,1-2H3,(H,28,29)(H,33,34)/t25-/m1/s1. The van der Waals surface area contributed by atoms with Gasteiger partial charge in [0.1, 0.15) is 5.69 Å². The number of aromatic carboxylic acids is 1. The van der Waals surface area contributed by atoms with E-state index in [1.165, 1.54) is 12.1 Å². The maximum Gasteiger partial charge on any atom is 0.335 e. The predicted molar refractivity (Wildman–Crippen MR) is 130 cm³/mol. The fourth-order valence-electron chi connectivity index (χ4n) is 4.40. The lowest BCUT2D eigenvalue weighted by atomic mass is 9.95. The Balaban J connectivity index is 1.70. The molecule has 0 spiro atoms. The molecule has 0 bridgehead atoms. The van der Waals surface area contributed by atoms with Crippen LogP contribution in [-0.4, -0.2) is 38.9 Å². The van der Waals surface area contributed by atoms with Crippen LogP contribution in [0.5, 0.6) is 11.5 Å². The third kappa shape index (κ3) is 3.78. The van der Waals surface area contributed by atoms with Crippen LogP contribution < -0.4 is 9.64 Å². The van der Waals surface area contributed by atoms with E-state index in [0.29, 0.717) is 35.0 Å². The first-order valence-electron chi connectivity index (χ1n) is 11.2. The van der Waals surface area contributed by atoms with Gasteiger partial charge < -0.3 is 14.9 Å². The number of carbonyl (C=O) groups excluding carboxylic acids is 1. The summed E-state index contributed by atoms with van der Waals surface area (Å²) in [4.78, 5) is 26.6. The summed E-state index contributed by atoms with van der Waals surface area (Å²) in [5.74, 6) is -1.02. The van der Waals surface area contributed by atoms with Crippen LogP contribution in [-0.2, 0) is 0 Å². The Labute approximate surface area is 201 Å². The minimum Gasteiger partial charge on any atom is -0.504 e. The van der Waals surface area contributed by atoms with Gasteiger partial charge in [0.2, 0.25) is 0 Å². The Bertz CT molecular complexity index is 1420. The van der Waals surface area contributed by atoms with Gasteiger partial charge in [-0.25, -0.2) is 4.79 Å². The van der Waals surface area contributed by atoms with Crippen molar-refractivity contribution in [2.45, 2.75) is 19.9 Å². The molecule has 3 N–H and O–H groups in total. The van der Waals surface area contributed by atoms with E-state index in [9.17, 15) is 19.8 Å². The second-order valence-electron chi connectivity index (χ2n) is 8.32. The quantitative estimate of drug-likeness (QED) is 0.368. The Hall–Kier alpha value is -4.59. The summed E-state index contributed by atoms with van der Waals surface area (Å²) in [5.41, 5.74) is 5.06. The molecule has 0 saturated heterocycles. The molecule has 4 aromatic rings. The van der Waals surface area contributed by atoms with E-state index < -0.39 is 12.0 Å². The third-order valence-corrected chi connectivity index (χ3v) is 6.09. The highest BCUT2D eigenvalue weighted by Gasteiger charge is 2.43. The number of carbonyl (C=O) groups is 2. The normalized spacial score (nSPS) is 14.7. The van der Waals surface area contributed by atoms with Crippen molar-refractivity contribution in [1.82, 2.24) is 10.2 Å². The molecule has 1 atom stereocenters. The van der Waals surface area contributed by atoms with Gasteiger partial charge in [0.15, 0.2) is 11.5 Å². The lowest BCUT2D eigenvalue weighted by Gasteiger charge is -2.27. The molecule has 8 heteroatoms. The molecule has 1 aliphatic heterocycles. The van der Waals surface area contributed by atoms with E-state index in [0.717, 1.165) is 16.7 Å². The zero-order valence-electron chi connectivity index (χ0n) is 19.1. The van der Waals surface area contributed by atoms with Crippen LogP contribution in [0.15, 0.2) is 66.7 Å². The number of aromatic hydroxyl groups is 1. The van der Waals surface area contributed by atoms with Gasteiger partial charge in [-0.05, 0) is 55.8 Å². The minimum absolute atomic E-state index is 0.00320. The molecule has 176 valence electrons. The SMILES string of the molecule is CCOc1cc([C@@H]2c3c(-c4ccc(C)cc4)n[nH]c3C(=O)N2c2ccc(C(=O)O)cc2)ccc1O. The van der Waals surface area contributed by atoms with Crippen LogP contribution in [0.2, 0.25) is 0 Å². The van der Waals surface area contributed by atoms with Crippen LogP contribution in [0.1, 0.15) is 50.5 Å². The van der Waals surface area contributed by atoms with Crippen LogP contribution in [0.25, 0.3) is 11.3 Å². The van der Waals surface area contributed by atoms with Crippen molar-refractivity contribution < 1.29 is 24.5 Å².